The van der Waals surface area contributed by atoms with E-state index in [1.807, 2.05) is 53.7 Å². The minimum atomic E-state index is -0.976. The average Bonchev–Trinajstić information content (AvgIpc) is 3.60. The first-order valence-corrected chi connectivity index (χ1v) is 20.5. The molecule has 60 heavy (non-hydrogen) atoms. The van der Waals surface area contributed by atoms with Gasteiger partial charge in [0.05, 0.1) is 41.4 Å². The zero-order valence-electron chi connectivity index (χ0n) is 36.7. The number of ether oxygens (including phenoxy) is 6. The molecule has 2 fully saturated rings. The first-order chi connectivity index (χ1) is 27.9. The van der Waals surface area contributed by atoms with Crippen LogP contribution in [0, 0.1) is 39.5 Å². The maximum absolute atomic E-state index is 12.9. The number of carbonyl (C=O) groups is 5. The second-order valence-electron chi connectivity index (χ2n) is 17.3. The van der Waals surface area contributed by atoms with Crippen molar-refractivity contribution >= 4 is 40.9 Å². The van der Waals surface area contributed by atoms with Crippen LogP contribution >= 0.6 is 0 Å². The summed E-state index contributed by atoms with van der Waals surface area (Å²) in [5.74, 6) is -4.22. The van der Waals surface area contributed by atoms with Gasteiger partial charge in [-0.05, 0) is 110 Å². The van der Waals surface area contributed by atoms with Crippen LogP contribution in [0.15, 0.2) is 48.6 Å². The number of aliphatic hydroxyl groups is 1. The molecule has 9 atom stereocenters. The molecule has 0 aromatic heterocycles. The molecule has 6 rings (SSSR count). The largest absolute Gasteiger partial charge is 0.458 e. The van der Waals surface area contributed by atoms with Gasteiger partial charge in [0.2, 0.25) is 11.8 Å². The number of hydrogen-bond donors (Lipinski definition) is 3. The van der Waals surface area contributed by atoms with Crippen molar-refractivity contribution in [3.8, 4) is 0 Å². The second kappa shape index (κ2) is 18.5. The molecule has 0 bridgehead atoms. The fourth-order valence-corrected chi connectivity index (χ4v) is 7.70. The van der Waals surface area contributed by atoms with Gasteiger partial charge in [0.25, 0.3) is 0 Å². The van der Waals surface area contributed by atoms with Gasteiger partial charge >= 0.3 is 11.9 Å². The van der Waals surface area contributed by atoms with Gasteiger partial charge < -0.3 is 44.2 Å². The first-order valence-electron chi connectivity index (χ1n) is 20.5. The van der Waals surface area contributed by atoms with Gasteiger partial charge in [0, 0.05) is 11.8 Å². The van der Waals surface area contributed by atoms with Crippen LogP contribution in [0.2, 0.25) is 0 Å². The number of esters is 2. The molecule has 0 radical (unpaired) electrons. The number of fused-ring (bicyclic) bond motifs is 4. The van der Waals surface area contributed by atoms with Gasteiger partial charge in [-0.1, -0.05) is 44.2 Å². The van der Waals surface area contributed by atoms with Gasteiger partial charge in [-0.25, -0.2) is 9.59 Å². The topological polar surface area (TPSA) is 185 Å². The lowest BCUT2D eigenvalue weighted by Gasteiger charge is -2.23. The van der Waals surface area contributed by atoms with Crippen molar-refractivity contribution in [3.05, 3.63) is 82.0 Å². The van der Waals surface area contributed by atoms with E-state index in [4.69, 9.17) is 28.4 Å². The highest BCUT2D eigenvalue weighted by Gasteiger charge is 2.46. The normalized spacial score (nSPS) is 31.8. The Morgan fingerprint density at radius 3 is 1.57 bits per heavy atom. The molecule has 4 aliphatic rings. The van der Waals surface area contributed by atoms with E-state index in [9.17, 15) is 29.1 Å². The Balaban J connectivity index is 0.000000228. The van der Waals surface area contributed by atoms with Crippen molar-refractivity contribution in [3.63, 3.8) is 0 Å². The van der Waals surface area contributed by atoms with Crippen molar-refractivity contribution in [2.45, 2.75) is 150 Å². The fraction of sp³-hybridized carbons (Fsp3) is 0.543. The molecule has 4 heterocycles. The molecule has 0 saturated carbocycles. The van der Waals surface area contributed by atoms with Crippen LogP contribution in [-0.2, 0) is 42.8 Å². The van der Waals surface area contributed by atoms with E-state index in [1.165, 1.54) is 6.08 Å². The Hall–Kier alpha value is -4.73. The molecular formula is C46H60N2O12. The van der Waals surface area contributed by atoms with Crippen LogP contribution in [-0.4, -0.2) is 88.9 Å². The van der Waals surface area contributed by atoms with Crippen molar-refractivity contribution < 1.29 is 57.5 Å². The summed E-state index contributed by atoms with van der Waals surface area (Å²) in [5.41, 5.74) is 4.72. The lowest BCUT2D eigenvalue weighted by molar-refractivity contribution is -0.153. The Morgan fingerprint density at radius 1 is 0.600 bits per heavy atom. The molecule has 4 aliphatic heterocycles. The SMILES string of the molecule is Cc1cc(C)c2c(c1)NC(=O)C[C@@H]1OC(C)(C)O[C@@H]1C(=O)/C=C\[C@@H](C)[C@H](C)OC2=O.Cc1cc(C)c2c(c1)NC(=O)C[C@@H]1OC(C)(C)O[C@@H]1C(O)/C=C\[C@@H](C)[C@H](C)OC2=O. The van der Waals surface area contributed by atoms with Crippen LogP contribution in [0.1, 0.15) is 111 Å². The molecule has 0 aliphatic carbocycles. The molecule has 2 aromatic carbocycles. The number of aryl methyl sites for hydroxylation is 4. The maximum Gasteiger partial charge on any atom is 0.340 e. The summed E-state index contributed by atoms with van der Waals surface area (Å²) in [5, 5.41) is 16.3. The summed E-state index contributed by atoms with van der Waals surface area (Å²) < 4.78 is 34.7. The van der Waals surface area contributed by atoms with Crippen LogP contribution in [0.4, 0.5) is 11.4 Å². The monoisotopic (exact) mass is 832 g/mol. The highest BCUT2D eigenvalue weighted by atomic mass is 16.8. The van der Waals surface area contributed by atoms with E-state index in [-0.39, 0.29) is 42.3 Å². The number of benzene rings is 2. The third-order valence-electron chi connectivity index (χ3n) is 11.0. The zero-order chi connectivity index (χ0) is 44.4. The van der Waals surface area contributed by atoms with E-state index in [0.717, 1.165) is 16.7 Å². The minimum absolute atomic E-state index is 0.0214. The van der Waals surface area contributed by atoms with E-state index in [0.29, 0.717) is 28.1 Å². The number of anilines is 2. The van der Waals surface area contributed by atoms with Gasteiger partial charge in [-0.3, -0.25) is 14.4 Å². The summed E-state index contributed by atoms with van der Waals surface area (Å²) in [7, 11) is 0. The number of ketones is 1. The first kappa shape index (κ1) is 46.3. The maximum atomic E-state index is 12.9. The Kier molecular flexibility index (Phi) is 14.3. The number of carbonyl (C=O) groups excluding carboxylic acids is 5. The lowest BCUT2D eigenvalue weighted by atomic mass is 9.99. The van der Waals surface area contributed by atoms with Crippen LogP contribution in [0.3, 0.4) is 0 Å². The second-order valence-corrected chi connectivity index (χ2v) is 17.3. The number of cyclic esters (lactones) is 2. The molecule has 2 amide bonds. The van der Waals surface area contributed by atoms with Gasteiger partial charge in [0.15, 0.2) is 17.4 Å². The molecule has 3 N–H and O–H groups in total. The third kappa shape index (κ3) is 11.3. The standard InChI is InChI=1S/C23H31NO6.C23H29NO6/c2*1-12-9-14(3)20-16(10-12)24-19(26)11-18-21(30-23(5,6)29-18)17(25)8-7-13(2)15(4)28-22(20)27/h7-10,13,15,17-18,21,25H,11H2,1-6H3,(H,24,26);7-10,13,15,18,21H,11H2,1-6H3,(H,24,26)/b2*8-7-/t13-,15+,17?,18+,21-;13-,15+,18+,21-/m11/s1. The number of nitrogens with one attached hydrogen (secondary N) is 2. The van der Waals surface area contributed by atoms with Crippen LogP contribution in [0.25, 0.3) is 0 Å². The van der Waals surface area contributed by atoms with E-state index < -0.39 is 66.2 Å². The Morgan fingerprint density at radius 2 is 1.05 bits per heavy atom. The zero-order valence-corrected chi connectivity index (χ0v) is 36.7. The van der Waals surface area contributed by atoms with Gasteiger partial charge in [0.1, 0.15) is 36.6 Å². The Bertz CT molecular complexity index is 2050. The lowest BCUT2D eigenvalue weighted by Crippen LogP contribution is -2.37. The highest BCUT2D eigenvalue weighted by Crippen LogP contribution is 2.35. The van der Waals surface area contributed by atoms with Gasteiger partial charge in [-0.15, -0.1) is 0 Å². The number of aliphatic hydroxyl groups excluding tert-OH is 1. The molecule has 326 valence electrons. The van der Waals surface area contributed by atoms with Gasteiger partial charge in [-0.2, -0.15) is 0 Å². The van der Waals surface area contributed by atoms with Crippen LogP contribution < -0.4 is 10.6 Å². The summed E-state index contributed by atoms with van der Waals surface area (Å²) in [6, 6.07) is 7.24. The average molecular weight is 833 g/mol. The van der Waals surface area contributed by atoms with E-state index in [1.54, 1.807) is 71.9 Å². The number of rotatable bonds is 0. The summed E-state index contributed by atoms with van der Waals surface area (Å²) in [6.07, 6.45) is 1.63. The predicted octanol–water partition coefficient (Wildman–Crippen LogP) is 6.74. The number of hydrogen-bond acceptors (Lipinski definition) is 12. The molecule has 1 unspecified atom stereocenters. The molecule has 2 aromatic rings. The quantitative estimate of drug-likeness (QED) is 0.188. The summed E-state index contributed by atoms with van der Waals surface area (Å²) in [6.45, 7) is 21.7. The Labute approximate surface area is 352 Å². The van der Waals surface area contributed by atoms with Crippen molar-refractivity contribution in [2.75, 3.05) is 10.6 Å². The summed E-state index contributed by atoms with van der Waals surface area (Å²) >= 11 is 0. The number of amides is 2. The molecule has 0 spiro atoms. The highest BCUT2D eigenvalue weighted by molar-refractivity contribution is 6.04. The van der Waals surface area contributed by atoms with Crippen molar-refractivity contribution in [1.29, 1.82) is 0 Å². The molecule has 14 nitrogen and oxygen atoms in total. The van der Waals surface area contributed by atoms with Crippen LogP contribution in [0.5, 0.6) is 0 Å². The third-order valence-corrected chi connectivity index (χ3v) is 11.0. The summed E-state index contributed by atoms with van der Waals surface area (Å²) in [4.78, 5) is 64.2. The minimum Gasteiger partial charge on any atom is -0.458 e. The fourth-order valence-electron chi connectivity index (χ4n) is 7.70. The molecular weight excluding hydrogens is 773 g/mol. The van der Waals surface area contributed by atoms with E-state index >= 15 is 0 Å². The van der Waals surface area contributed by atoms with Crippen molar-refractivity contribution in [2.24, 2.45) is 11.8 Å². The van der Waals surface area contributed by atoms with E-state index in [2.05, 4.69) is 10.6 Å². The molecule has 14 heteroatoms. The van der Waals surface area contributed by atoms with Crippen molar-refractivity contribution in [1.82, 2.24) is 0 Å². The predicted molar refractivity (Wildman–Crippen MR) is 223 cm³/mol. The smallest absolute Gasteiger partial charge is 0.340 e. The molecule has 2 saturated heterocycles.